The molecular weight excluding hydrogens is 230 g/mol. The van der Waals surface area contributed by atoms with E-state index in [9.17, 15) is 0 Å². The molecule has 1 fully saturated rings. The van der Waals surface area contributed by atoms with Crippen LogP contribution in [0.25, 0.3) is 10.9 Å². The van der Waals surface area contributed by atoms with Crippen LogP contribution in [0, 0.1) is 5.41 Å². The van der Waals surface area contributed by atoms with Crippen molar-refractivity contribution in [1.29, 1.82) is 0 Å². The highest BCUT2D eigenvalue weighted by Crippen LogP contribution is 2.48. The van der Waals surface area contributed by atoms with Crippen LogP contribution < -0.4 is 11.1 Å². The van der Waals surface area contributed by atoms with Crippen molar-refractivity contribution < 1.29 is 0 Å². The molecule has 1 heterocycles. The second-order valence-corrected chi connectivity index (χ2v) is 5.69. The maximum atomic E-state index is 5.66. The number of hydrogen-bond acceptors (Lipinski definition) is 4. The first kappa shape index (κ1) is 11.0. The summed E-state index contributed by atoms with van der Waals surface area (Å²) in [6, 6.07) is 8.28. The Morgan fingerprint density at radius 1 is 1.35 bits per heavy atom. The Balaban J connectivity index is 1.73. The van der Waals surface area contributed by atoms with Gasteiger partial charge in [0.05, 0.1) is 5.52 Å². The number of nitrogens with zero attached hydrogens (tertiary/aromatic N) is 1. The van der Waals surface area contributed by atoms with E-state index in [1.54, 1.807) is 11.5 Å². The number of rotatable bonds is 5. The molecule has 0 bridgehead atoms. The zero-order valence-electron chi connectivity index (χ0n) is 9.78. The van der Waals surface area contributed by atoms with Crippen molar-refractivity contribution in [2.75, 3.05) is 18.4 Å². The zero-order valence-corrected chi connectivity index (χ0v) is 10.6. The molecule has 3 rings (SSSR count). The Labute approximate surface area is 105 Å². The van der Waals surface area contributed by atoms with E-state index in [1.165, 1.54) is 23.2 Å². The highest BCUT2D eigenvalue weighted by Gasteiger charge is 2.41. The lowest BCUT2D eigenvalue weighted by atomic mass is 10.0. The fourth-order valence-electron chi connectivity index (χ4n) is 2.28. The van der Waals surface area contributed by atoms with Crippen molar-refractivity contribution in [3.63, 3.8) is 0 Å². The van der Waals surface area contributed by atoms with Gasteiger partial charge in [-0.1, -0.05) is 12.1 Å². The minimum atomic E-state index is 0.472. The van der Waals surface area contributed by atoms with Gasteiger partial charge in [0.15, 0.2) is 0 Å². The first-order valence-corrected chi connectivity index (χ1v) is 6.89. The summed E-state index contributed by atoms with van der Waals surface area (Å²) in [6.45, 7) is 1.83. The predicted molar refractivity (Wildman–Crippen MR) is 73.4 cm³/mol. The molecule has 17 heavy (non-hydrogen) atoms. The molecule has 0 atom stereocenters. The van der Waals surface area contributed by atoms with Crippen LogP contribution in [0.5, 0.6) is 0 Å². The molecule has 4 heteroatoms. The highest BCUT2D eigenvalue weighted by molar-refractivity contribution is 7.11. The first-order chi connectivity index (χ1) is 8.33. The number of anilines is 1. The van der Waals surface area contributed by atoms with Crippen LogP contribution in [0.3, 0.4) is 0 Å². The Kier molecular flexibility index (Phi) is 2.76. The summed E-state index contributed by atoms with van der Waals surface area (Å²) in [5.74, 6) is 0. The van der Waals surface area contributed by atoms with E-state index in [0.29, 0.717) is 5.41 Å². The number of hydrogen-bond donors (Lipinski definition) is 2. The van der Waals surface area contributed by atoms with E-state index in [1.807, 2.05) is 6.07 Å². The van der Waals surface area contributed by atoms with Crippen molar-refractivity contribution >= 4 is 27.4 Å². The molecule has 0 unspecified atom stereocenters. The SMILES string of the molecule is NCCC1(CNc2snc3ccccc23)CC1. The van der Waals surface area contributed by atoms with Crippen molar-refractivity contribution in [3.05, 3.63) is 24.3 Å². The number of aromatic nitrogens is 1. The van der Waals surface area contributed by atoms with E-state index < -0.39 is 0 Å². The Morgan fingerprint density at radius 2 is 2.18 bits per heavy atom. The van der Waals surface area contributed by atoms with Crippen LogP contribution >= 0.6 is 11.5 Å². The summed E-state index contributed by atoms with van der Waals surface area (Å²) in [4.78, 5) is 0. The molecule has 90 valence electrons. The normalized spacial score (nSPS) is 17.2. The molecule has 1 aliphatic carbocycles. The molecule has 1 aromatic carbocycles. The Hall–Kier alpha value is -1.13. The summed E-state index contributed by atoms with van der Waals surface area (Å²) in [5.41, 5.74) is 7.22. The second kappa shape index (κ2) is 4.27. The minimum absolute atomic E-state index is 0.472. The van der Waals surface area contributed by atoms with Crippen molar-refractivity contribution in [2.24, 2.45) is 11.1 Å². The summed E-state index contributed by atoms with van der Waals surface area (Å²) in [7, 11) is 0. The zero-order chi connectivity index (χ0) is 11.7. The largest absolute Gasteiger partial charge is 0.375 e. The summed E-state index contributed by atoms with van der Waals surface area (Å²) >= 11 is 1.56. The number of nitrogens with one attached hydrogen (secondary N) is 1. The number of fused-ring (bicyclic) bond motifs is 1. The topological polar surface area (TPSA) is 50.9 Å². The average Bonchev–Trinajstić information content (AvgIpc) is 3.00. The van der Waals surface area contributed by atoms with Gasteiger partial charge in [0.2, 0.25) is 0 Å². The first-order valence-electron chi connectivity index (χ1n) is 6.11. The lowest BCUT2D eigenvalue weighted by Crippen LogP contribution is -2.18. The molecule has 2 aromatic rings. The molecule has 1 aromatic heterocycles. The van der Waals surface area contributed by atoms with Gasteiger partial charge in [0.1, 0.15) is 5.00 Å². The van der Waals surface area contributed by atoms with Crippen molar-refractivity contribution in [3.8, 4) is 0 Å². The molecule has 0 radical (unpaired) electrons. The summed E-state index contributed by atoms with van der Waals surface area (Å²) < 4.78 is 4.44. The van der Waals surface area contributed by atoms with Crippen LogP contribution in [-0.2, 0) is 0 Å². The van der Waals surface area contributed by atoms with Crippen LogP contribution in [0.2, 0.25) is 0 Å². The van der Waals surface area contributed by atoms with Gasteiger partial charge in [0, 0.05) is 11.9 Å². The summed E-state index contributed by atoms with van der Waals surface area (Å²) in [5, 5.41) is 5.99. The van der Waals surface area contributed by atoms with Gasteiger partial charge in [-0.05, 0) is 54.9 Å². The van der Waals surface area contributed by atoms with Crippen LogP contribution in [0.1, 0.15) is 19.3 Å². The van der Waals surface area contributed by atoms with E-state index >= 15 is 0 Å². The quantitative estimate of drug-likeness (QED) is 0.854. The fourth-order valence-corrected chi connectivity index (χ4v) is 3.04. The van der Waals surface area contributed by atoms with Gasteiger partial charge in [0.25, 0.3) is 0 Å². The lowest BCUT2D eigenvalue weighted by Gasteiger charge is -2.14. The molecule has 1 saturated carbocycles. The second-order valence-electron chi connectivity index (χ2n) is 4.92. The monoisotopic (exact) mass is 247 g/mol. The van der Waals surface area contributed by atoms with Gasteiger partial charge >= 0.3 is 0 Å². The molecule has 3 N–H and O–H groups in total. The lowest BCUT2D eigenvalue weighted by molar-refractivity contribution is 0.502. The fraction of sp³-hybridized carbons (Fsp3) is 0.462. The maximum absolute atomic E-state index is 5.66. The van der Waals surface area contributed by atoms with Gasteiger partial charge in [-0.15, -0.1) is 0 Å². The van der Waals surface area contributed by atoms with E-state index in [0.717, 1.165) is 25.0 Å². The molecule has 0 amide bonds. The molecule has 3 nitrogen and oxygen atoms in total. The third kappa shape index (κ3) is 2.15. The molecule has 0 saturated heterocycles. The van der Waals surface area contributed by atoms with Gasteiger partial charge < -0.3 is 11.1 Å². The van der Waals surface area contributed by atoms with Crippen molar-refractivity contribution in [1.82, 2.24) is 4.37 Å². The van der Waals surface area contributed by atoms with Crippen LogP contribution in [0.4, 0.5) is 5.00 Å². The standard InChI is InChI=1S/C13H17N3S/c14-8-7-13(5-6-13)9-15-12-10-3-1-2-4-11(10)16-17-12/h1-4,15H,5-9,14H2. The Morgan fingerprint density at radius 3 is 2.94 bits per heavy atom. The molecule has 0 aliphatic heterocycles. The Bertz CT molecular complexity index is 516. The third-order valence-corrected chi connectivity index (χ3v) is 4.47. The number of benzene rings is 1. The third-order valence-electron chi connectivity index (χ3n) is 3.64. The van der Waals surface area contributed by atoms with Crippen LogP contribution in [-0.4, -0.2) is 17.5 Å². The molecule has 0 spiro atoms. The van der Waals surface area contributed by atoms with Gasteiger partial charge in [-0.25, -0.2) is 0 Å². The minimum Gasteiger partial charge on any atom is -0.375 e. The average molecular weight is 247 g/mol. The van der Waals surface area contributed by atoms with Gasteiger partial charge in [-0.2, -0.15) is 4.37 Å². The van der Waals surface area contributed by atoms with Crippen molar-refractivity contribution in [2.45, 2.75) is 19.3 Å². The summed E-state index contributed by atoms with van der Waals surface area (Å²) in [6.07, 6.45) is 3.76. The van der Waals surface area contributed by atoms with E-state index in [-0.39, 0.29) is 0 Å². The molecular formula is C13H17N3S. The van der Waals surface area contributed by atoms with E-state index in [4.69, 9.17) is 5.73 Å². The smallest absolute Gasteiger partial charge is 0.117 e. The maximum Gasteiger partial charge on any atom is 0.117 e. The van der Waals surface area contributed by atoms with E-state index in [2.05, 4.69) is 27.9 Å². The van der Waals surface area contributed by atoms with Gasteiger partial charge in [-0.3, -0.25) is 0 Å². The molecule has 1 aliphatic rings. The highest BCUT2D eigenvalue weighted by atomic mass is 32.1. The number of nitrogens with two attached hydrogens (primary N) is 1. The predicted octanol–water partition coefficient (Wildman–Crippen LogP) is 2.84. The van der Waals surface area contributed by atoms with Crippen LogP contribution in [0.15, 0.2) is 24.3 Å².